The first-order chi connectivity index (χ1) is 15.4. The topological polar surface area (TPSA) is 114 Å². The van der Waals surface area contributed by atoms with Gasteiger partial charge in [-0.25, -0.2) is 0 Å². The summed E-state index contributed by atoms with van der Waals surface area (Å²) in [4.78, 5) is 41.5. The molecule has 5 unspecified atom stereocenters. The van der Waals surface area contributed by atoms with Gasteiger partial charge in [0, 0.05) is 12.1 Å². The number of likely N-dealkylation sites (tertiary alicyclic amines) is 1. The van der Waals surface area contributed by atoms with Gasteiger partial charge in [-0.2, -0.15) is 0 Å². The van der Waals surface area contributed by atoms with E-state index >= 15 is 0 Å². The molecule has 1 aromatic heterocycles. The molecule has 3 fully saturated rings. The highest BCUT2D eigenvalue weighted by Crippen LogP contribution is 2.52. The molecule has 5 rings (SSSR count). The van der Waals surface area contributed by atoms with Crippen molar-refractivity contribution in [2.75, 3.05) is 11.9 Å². The summed E-state index contributed by atoms with van der Waals surface area (Å²) in [6.45, 7) is 4.04. The van der Waals surface area contributed by atoms with E-state index in [1.165, 1.54) is 0 Å². The number of fused-ring (bicyclic) bond motifs is 1. The Kier molecular flexibility index (Phi) is 5.31. The van der Waals surface area contributed by atoms with Crippen molar-refractivity contribution < 1.29 is 23.6 Å². The molecule has 3 amide bonds. The van der Waals surface area contributed by atoms with Crippen molar-refractivity contribution in [2.45, 2.75) is 76.2 Å². The van der Waals surface area contributed by atoms with Crippen molar-refractivity contribution in [1.82, 2.24) is 15.4 Å². The third kappa shape index (κ3) is 3.43. The fraction of sp³-hybridized carbons (Fsp3) is 0.652. The van der Waals surface area contributed by atoms with E-state index in [9.17, 15) is 14.4 Å². The zero-order valence-electron chi connectivity index (χ0n) is 18.5. The number of amides is 3. The quantitative estimate of drug-likeness (QED) is 0.624. The van der Waals surface area contributed by atoms with Crippen molar-refractivity contribution in [1.29, 1.82) is 0 Å². The summed E-state index contributed by atoms with van der Waals surface area (Å²) in [6, 6.07) is 1.27. The first kappa shape index (κ1) is 21.2. The maximum atomic E-state index is 13.6. The largest absolute Gasteiger partial charge is 0.360 e. The molecule has 1 aromatic rings. The van der Waals surface area contributed by atoms with Gasteiger partial charge in [0.2, 0.25) is 17.7 Å². The van der Waals surface area contributed by atoms with Crippen molar-refractivity contribution in [3.05, 3.63) is 24.0 Å². The van der Waals surface area contributed by atoms with Crippen LogP contribution in [0.3, 0.4) is 0 Å². The summed E-state index contributed by atoms with van der Waals surface area (Å²) in [5.41, 5.74) is -0.858. The minimum atomic E-state index is -0.858. The highest BCUT2D eigenvalue weighted by Gasteiger charge is 2.67. The molecule has 32 heavy (non-hydrogen) atoms. The number of aryl methyl sites for hydroxylation is 1. The van der Waals surface area contributed by atoms with E-state index in [1.54, 1.807) is 17.9 Å². The van der Waals surface area contributed by atoms with E-state index in [2.05, 4.69) is 15.8 Å². The second-order valence-corrected chi connectivity index (χ2v) is 9.47. The van der Waals surface area contributed by atoms with Crippen LogP contribution in [0.4, 0.5) is 5.82 Å². The molecule has 2 saturated heterocycles. The van der Waals surface area contributed by atoms with Gasteiger partial charge in [0.1, 0.15) is 17.4 Å². The second-order valence-electron chi connectivity index (χ2n) is 9.47. The fourth-order valence-corrected chi connectivity index (χ4v) is 5.80. The van der Waals surface area contributed by atoms with Crippen molar-refractivity contribution in [3.8, 4) is 0 Å². The Balaban J connectivity index is 1.36. The Labute approximate surface area is 186 Å². The maximum Gasteiger partial charge on any atom is 0.243 e. The molecule has 1 saturated carbocycles. The Bertz CT molecular complexity index is 952. The van der Waals surface area contributed by atoms with E-state index < -0.39 is 29.6 Å². The maximum absolute atomic E-state index is 13.6. The van der Waals surface area contributed by atoms with Crippen LogP contribution in [-0.4, -0.2) is 58.1 Å². The van der Waals surface area contributed by atoms with Gasteiger partial charge in [-0.1, -0.05) is 43.5 Å². The molecule has 2 bridgehead atoms. The number of hydrogen-bond donors (Lipinski definition) is 2. The van der Waals surface area contributed by atoms with Crippen LogP contribution in [0.1, 0.15) is 51.2 Å². The molecule has 172 valence electrons. The minimum Gasteiger partial charge on any atom is -0.360 e. The van der Waals surface area contributed by atoms with Crippen LogP contribution >= 0.6 is 0 Å². The summed E-state index contributed by atoms with van der Waals surface area (Å²) in [7, 11) is 0. The lowest BCUT2D eigenvalue weighted by Gasteiger charge is -2.30. The van der Waals surface area contributed by atoms with Gasteiger partial charge < -0.3 is 24.8 Å². The van der Waals surface area contributed by atoms with E-state index in [-0.39, 0.29) is 23.8 Å². The van der Waals surface area contributed by atoms with Gasteiger partial charge in [-0.15, -0.1) is 0 Å². The lowest BCUT2D eigenvalue weighted by Crippen LogP contribution is -2.51. The number of carbonyl (C=O) groups is 3. The van der Waals surface area contributed by atoms with Crippen LogP contribution in [0.5, 0.6) is 0 Å². The molecule has 2 N–H and O–H groups in total. The summed E-state index contributed by atoms with van der Waals surface area (Å²) in [6.07, 6.45) is 8.88. The molecule has 3 aliphatic heterocycles. The van der Waals surface area contributed by atoms with E-state index in [0.717, 1.165) is 32.1 Å². The monoisotopic (exact) mass is 442 g/mol. The second kappa shape index (κ2) is 8.03. The zero-order valence-corrected chi connectivity index (χ0v) is 18.5. The SMILES string of the molecule is CCCC(C(=O)NC1CCCC1)N1CC23C=CC(O2)C(C(=O)Nc2cc(C)on2)C3C1=O. The number of ether oxygens (including phenoxy) is 1. The molecular weight excluding hydrogens is 412 g/mol. The van der Waals surface area contributed by atoms with Crippen molar-refractivity contribution in [3.63, 3.8) is 0 Å². The molecule has 9 heteroatoms. The molecular formula is C23H30N4O5. The molecule has 4 heterocycles. The smallest absolute Gasteiger partial charge is 0.243 e. The number of nitrogens with zero attached hydrogens (tertiary/aromatic N) is 2. The van der Waals surface area contributed by atoms with E-state index in [0.29, 0.717) is 24.5 Å². The lowest BCUT2D eigenvalue weighted by molar-refractivity contribution is -0.142. The molecule has 0 radical (unpaired) electrons. The summed E-state index contributed by atoms with van der Waals surface area (Å²) in [5.74, 6) is -1.03. The van der Waals surface area contributed by atoms with E-state index in [1.807, 2.05) is 19.1 Å². The highest BCUT2D eigenvalue weighted by molar-refractivity contribution is 6.00. The van der Waals surface area contributed by atoms with Crippen LogP contribution in [0.2, 0.25) is 0 Å². The first-order valence-electron chi connectivity index (χ1n) is 11.6. The Hall–Kier alpha value is -2.68. The van der Waals surface area contributed by atoms with Crippen LogP contribution in [-0.2, 0) is 19.1 Å². The predicted octanol–water partition coefficient (Wildman–Crippen LogP) is 1.93. The number of hydrogen-bond acceptors (Lipinski definition) is 6. The lowest BCUT2D eigenvalue weighted by atomic mass is 9.77. The molecule has 5 atom stereocenters. The standard InChI is InChI=1S/C23H30N4O5/c1-3-6-15(20(28)24-14-7-4-5-8-14)27-12-23-10-9-16(31-23)18(19(23)22(27)30)21(29)25-17-11-13(2)32-26-17/h9-11,14-16,18-19H,3-8,12H2,1-2H3,(H,24,28)(H,25,26,29). The van der Waals surface area contributed by atoms with Gasteiger partial charge in [0.05, 0.1) is 24.5 Å². The molecule has 9 nitrogen and oxygen atoms in total. The highest BCUT2D eigenvalue weighted by atomic mass is 16.5. The van der Waals surface area contributed by atoms with Gasteiger partial charge in [-0.3, -0.25) is 14.4 Å². The van der Waals surface area contributed by atoms with E-state index in [4.69, 9.17) is 9.26 Å². The Morgan fingerprint density at radius 2 is 2.12 bits per heavy atom. The average Bonchev–Trinajstić information content (AvgIpc) is 3.56. The number of rotatable bonds is 7. The number of aromatic nitrogens is 1. The molecule has 0 aromatic carbocycles. The minimum absolute atomic E-state index is 0.0962. The van der Waals surface area contributed by atoms with Crippen LogP contribution in [0.25, 0.3) is 0 Å². The summed E-state index contributed by atoms with van der Waals surface area (Å²) >= 11 is 0. The third-order valence-corrected chi connectivity index (χ3v) is 7.25. The Morgan fingerprint density at radius 1 is 1.34 bits per heavy atom. The molecule has 1 aliphatic carbocycles. The van der Waals surface area contributed by atoms with Crippen molar-refractivity contribution in [2.24, 2.45) is 11.8 Å². The van der Waals surface area contributed by atoms with Gasteiger partial charge >= 0.3 is 0 Å². The average molecular weight is 443 g/mol. The normalized spacial score (nSPS) is 31.9. The zero-order chi connectivity index (χ0) is 22.5. The van der Waals surface area contributed by atoms with Gasteiger partial charge in [-0.05, 0) is 26.2 Å². The third-order valence-electron chi connectivity index (χ3n) is 7.25. The Morgan fingerprint density at radius 3 is 2.81 bits per heavy atom. The summed E-state index contributed by atoms with van der Waals surface area (Å²) in [5, 5.41) is 9.72. The van der Waals surface area contributed by atoms with Crippen LogP contribution in [0, 0.1) is 18.8 Å². The molecule has 1 spiro atoms. The number of nitrogens with one attached hydrogen (secondary N) is 2. The van der Waals surface area contributed by atoms with Gasteiger partial charge in [0.25, 0.3) is 0 Å². The first-order valence-corrected chi connectivity index (χ1v) is 11.6. The van der Waals surface area contributed by atoms with Crippen LogP contribution < -0.4 is 10.6 Å². The van der Waals surface area contributed by atoms with Gasteiger partial charge in [0.15, 0.2) is 5.82 Å². The predicted molar refractivity (Wildman–Crippen MR) is 114 cm³/mol. The number of carbonyl (C=O) groups excluding carboxylic acids is 3. The van der Waals surface area contributed by atoms with Crippen LogP contribution in [0.15, 0.2) is 22.7 Å². The summed E-state index contributed by atoms with van der Waals surface area (Å²) < 4.78 is 11.2. The van der Waals surface area contributed by atoms with Crippen molar-refractivity contribution >= 4 is 23.5 Å². The number of anilines is 1. The molecule has 4 aliphatic rings. The fourth-order valence-electron chi connectivity index (χ4n) is 5.80.